The summed E-state index contributed by atoms with van der Waals surface area (Å²) < 4.78 is 5.08. The Morgan fingerprint density at radius 2 is 1.94 bits per heavy atom. The number of hydrogen-bond acceptors (Lipinski definition) is 3. The first kappa shape index (κ1) is 13.3. The summed E-state index contributed by atoms with van der Waals surface area (Å²) in [5, 5.41) is 11.2. The van der Waals surface area contributed by atoms with Gasteiger partial charge < -0.3 is 15.2 Å². The van der Waals surface area contributed by atoms with Crippen LogP contribution in [0.2, 0.25) is 0 Å². The Labute approximate surface area is 101 Å². The molecule has 0 fully saturated rings. The first-order valence-electron chi connectivity index (χ1n) is 5.61. The van der Waals surface area contributed by atoms with Crippen molar-refractivity contribution in [3.63, 3.8) is 0 Å². The van der Waals surface area contributed by atoms with Crippen LogP contribution in [-0.2, 0) is 4.74 Å². The Bertz CT molecular complexity index is 354. The third kappa shape index (κ3) is 6.37. The molecule has 0 bridgehead atoms. The van der Waals surface area contributed by atoms with Gasteiger partial charge in [-0.2, -0.15) is 0 Å². The number of amides is 1. The van der Waals surface area contributed by atoms with E-state index in [2.05, 4.69) is 5.32 Å². The molecule has 1 aliphatic rings. The van der Waals surface area contributed by atoms with E-state index < -0.39 is 6.09 Å². The summed E-state index contributed by atoms with van der Waals surface area (Å²) in [6, 6.07) is 0. The lowest BCUT2D eigenvalue weighted by Gasteiger charge is -2.06. The van der Waals surface area contributed by atoms with Crippen molar-refractivity contribution in [1.82, 2.24) is 5.32 Å². The minimum Gasteiger partial charge on any atom is -0.410 e. The number of allylic oxidation sites excluding steroid dienone is 7. The number of unbranched alkanes of at least 4 members (excludes halogenated alkanes) is 1. The molecular weight excluding hydrogens is 218 g/mol. The van der Waals surface area contributed by atoms with Crippen LogP contribution in [0, 0.1) is 0 Å². The number of hydrogen-bond donors (Lipinski definition) is 2. The van der Waals surface area contributed by atoms with E-state index in [-0.39, 0.29) is 6.61 Å². The summed E-state index contributed by atoms with van der Waals surface area (Å²) in [6.45, 7) is 0.647. The van der Waals surface area contributed by atoms with Crippen molar-refractivity contribution in [2.75, 3.05) is 13.2 Å². The highest BCUT2D eigenvalue weighted by Gasteiger charge is 2.03. The van der Waals surface area contributed by atoms with Crippen molar-refractivity contribution in [1.29, 1.82) is 0 Å². The minimum absolute atomic E-state index is 0.141. The molecule has 0 radical (unpaired) electrons. The molecule has 1 amide bonds. The molecule has 1 aliphatic carbocycles. The molecule has 0 aromatic carbocycles. The molecule has 4 nitrogen and oxygen atoms in total. The van der Waals surface area contributed by atoms with E-state index in [9.17, 15) is 4.79 Å². The van der Waals surface area contributed by atoms with Crippen molar-refractivity contribution in [2.45, 2.75) is 12.8 Å². The molecule has 1 rings (SSSR count). The van der Waals surface area contributed by atoms with Gasteiger partial charge in [0.2, 0.25) is 0 Å². The average molecular weight is 235 g/mol. The van der Waals surface area contributed by atoms with Crippen LogP contribution in [0.25, 0.3) is 0 Å². The first-order chi connectivity index (χ1) is 8.33. The van der Waals surface area contributed by atoms with E-state index in [1.54, 1.807) is 24.3 Å². The normalized spacial score (nSPS) is 17.6. The number of alkyl carbamates (subject to hydrolysis) is 1. The molecule has 0 unspecified atom stereocenters. The molecule has 0 saturated carbocycles. The lowest BCUT2D eigenvalue weighted by atomic mass is 10.3. The molecule has 0 saturated heterocycles. The maximum absolute atomic E-state index is 11.4. The van der Waals surface area contributed by atoms with Crippen LogP contribution in [0.3, 0.4) is 0 Å². The highest BCUT2D eigenvalue weighted by molar-refractivity contribution is 5.68. The van der Waals surface area contributed by atoms with Gasteiger partial charge in [0.05, 0.1) is 0 Å². The van der Waals surface area contributed by atoms with Gasteiger partial charge in [0.1, 0.15) is 5.76 Å². The molecule has 17 heavy (non-hydrogen) atoms. The number of rotatable bonds is 5. The lowest BCUT2D eigenvalue weighted by molar-refractivity contribution is 0.178. The average Bonchev–Trinajstić information content (AvgIpc) is 2.28. The third-order valence-electron chi connectivity index (χ3n) is 2.03. The third-order valence-corrected chi connectivity index (χ3v) is 2.03. The molecule has 92 valence electrons. The maximum atomic E-state index is 11.4. The van der Waals surface area contributed by atoms with Crippen LogP contribution in [0.4, 0.5) is 4.79 Å². The van der Waals surface area contributed by atoms with Crippen molar-refractivity contribution in [3.8, 4) is 0 Å². The number of aliphatic hydroxyl groups is 1. The van der Waals surface area contributed by atoms with E-state index in [1.807, 2.05) is 18.2 Å². The fourth-order valence-corrected chi connectivity index (χ4v) is 1.19. The number of nitrogens with one attached hydrogen (secondary N) is 1. The van der Waals surface area contributed by atoms with Gasteiger partial charge in [0, 0.05) is 13.2 Å². The van der Waals surface area contributed by atoms with E-state index >= 15 is 0 Å². The molecule has 0 spiro atoms. The van der Waals surface area contributed by atoms with Crippen LogP contribution in [-0.4, -0.2) is 24.4 Å². The summed E-state index contributed by atoms with van der Waals surface area (Å²) in [5.74, 6) is 0.491. The monoisotopic (exact) mass is 235 g/mol. The lowest BCUT2D eigenvalue weighted by Crippen LogP contribution is -2.25. The zero-order chi connectivity index (χ0) is 12.3. The Hall–Kier alpha value is -1.81. The summed E-state index contributed by atoms with van der Waals surface area (Å²) >= 11 is 0. The van der Waals surface area contributed by atoms with Crippen LogP contribution in [0.1, 0.15) is 12.8 Å². The van der Waals surface area contributed by atoms with Gasteiger partial charge in [-0.1, -0.05) is 30.4 Å². The largest absolute Gasteiger partial charge is 0.412 e. The molecule has 2 N–H and O–H groups in total. The predicted octanol–water partition coefficient (Wildman–Crippen LogP) is 2.05. The highest BCUT2D eigenvalue weighted by Crippen LogP contribution is 2.03. The zero-order valence-electron chi connectivity index (χ0n) is 9.63. The second-order valence-corrected chi connectivity index (χ2v) is 3.44. The fraction of sp³-hybridized carbons (Fsp3) is 0.308. The van der Waals surface area contributed by atoms with Gasteiger partial charge in [0.15, 0.2) is 0 Å². The number of aliphatic hydroxyl groups excluding tert-OH is 1. The van der Waals surface area contributed by atoms with Crippen LogP contribution < -0.4 is 5.32 Å². The summed E-state index contributed by atoms with van der Waals surface area (Å²) in [4.78, 5) is 11.4. The topological polar surface area (TPSA) is 58.6 Å². The molecule has 0 aromatic heterocycles. The minimum atomic E-state index is -0.475. The van der Waals surface area contributed by atoms with Gasteiger partial charge in [0.25, 0.3) is 0 Å². The second kappa shape index (κ2) is 8.35. The van der Waals surface area contributed by atoms with Gasteiger partial charge in [-0.3, -0.25) is 0 Å². The van der Waals surface area contributed by atoms with Gasteiger partial charge >= 0.3 is 6.09 Å². The van der Waals surface area contributed by atoms with E-state index in [0.717, 1.165) is 6.42 Å². The Balaban J connectivity index is 2.30. The molecule has 0 atom stereocenters. The van der Waals surface area contributed by atoms with Gasteiger partial charge in [-0.05, 0) is 25.0 Å². The van der Waals surface area contributed by atoms with Gasteiger partial charge in [-0.15, -0.1) is 0 Å². The first-order valence-corrected chi connectivity index (χ1v) is 5.61. The maximum Gasteiger partial charge on any atom is 0.412 e. The van der Waals surface area contributed by atoms with Crippen LogP contribution in [0.15, 0.2) is 48.3 Å². The van der Waals surface area contributed by atoms with Crippen molar-refractivity contribution < 1.29 is 14.6 Å². The Kier molecular flexibility index (Phi) is 6.51. The van der Waals surface area contributed by atoms with Crippen molar-refractivity contribution in [2.24, 2.45) is 0 Å². The number of ether oxygens (including phenoxy) is 1. The SMILES string of the molecule is O=C(NCCCCO)OC1=C/C=C/C=C\C=C1. The summed E-state index contributed by atoms with van der Waals surface area (Å²) in [5.41, 5.74) is 0. The van der Waals surface area contributed by atoms with E-state index in [1.165, 1.54) is 0 Å². The molecule has 0 heterocycles. The molecule has 0 aromatic rings. The Morgan fingerprint density at radius 3 is 2.76 bits per heavy atom. The van der Waals surface area contributed by atoms with E-state index in [4.69, 9.17) is 9.84 Å². The molecular formula is C13H17NO3. The standard InChI is InChI=1S/C13H17NO3/c15-11-7-6-10-14-13(16)17-12-8-4-2-1-3-5-9-12/h1-5,8-9,15H,6-7,10-11H2,(H,14,16)/b2-1-,3-1?,4-2?,5-3+,8-4?,9-5?,12-8?,12-9?. The zero-order valence-corrected chi connectivity index (χ0v) is 9.63. The highest BCUT2D eigenvalue weighted by atomic mass is 16.6. The van der Waals surface area contributed by atoms with Crippen LogP contribution in [0.5, 0.6) is 0 Å². The number of carbonyl (C=O) groups is 1. The predicted molar refractivity (Wildman–Crippen MR) is 66.3 cm³/mol. The van der Waals surface area contributed by atoms with Crippen molar-refractivity contribution in [3.05, 3.63) is 48.3 Å². The molecule has 0 aliphatic heterocycles. The molecule has 4 heteroatoms. The Morgan fingerprint density at radius 1 is 1.18 bits per heavy atom. The van der Waals surface area contributed by atoms with E-state index in [0.29, 0.717) is 18.7 Å². The summed E-state index contributed by atoms with van der Waals surface area (Å²) in [7, 11) is 0. The quantitative estimate of drug-likeness (QED) is 0.717. The number of carbonyl (C=O) groups excluding carboxylic acids is 1. The van der Waals surface area contributed by atoms with Crippen molar-refractivity contribution >= 4 is 6.09 Å². The van der Waals surface area contributed by atoms with Gasteiger partial charge in [-0.25, -0.2) is 4.79 Å². The fourth-order valence-electron chi connectivity index (χ4n) is 1.19. The van der Waals surface area contributed by atoms with Crippen LogP contribution >= 0.6 is 0 Å². The smallest absolute Gasteiger partial charge is 0.410 e. The second-order valence-electron chi connectivity index (χ2n) is 3.44. The summed E-state index contributed by atoms with van der Waals surface area (Å²) in [6.07, 6.45) is 13.6.